The number of fused-ring (bicyclic) bond motifs is 3. The quantitative estimate of drug-likeness (QED) is 0.919. The van der Waals surface area contributed by atoms with Crippen molar-refractivity contribution < 1.29 is 0 Å². The van der Waals surface area contributed by atoms with Crippen molar-refractivity contribution in [1.82, 2.24) is 9.97 Å². The fraction of sp³-hybridized carbons (Fsp3) is 0.600. The van der Waals surface area contributed by atoms with E-state index in [0.717, 1.165) is 23.0 Å². The Morgan fingerprint density at radius 3 is 3.11 bits per heavy atom. The molecule has 0 aliphatic heterocycles. The zero-order valence-corrected chi connectivity index (χ0v) is 12.7. The van der Waals surface area contributed by atoms with Crippen LogP contribution in [0, 0.1) is 5.92 Å². The highest BCUT2D eigenvalue weighted by atomic mass is 32.1. The number of rotatable bonds is 3. The van der Waals surface area contributed by atoms with Crippen LogP contribution in [0.4, 0.5) is 5.82 Å². The van der Waals surface area contributed by atoms with Gasteiger partial charge in [-0.25, -0.2) is 9.97 Å². The average Bonchev–Trinajstić information content (AvgIpc) is 2.76. The van der Waals surface area contributed by atoms with E-state index in [-0.39, 0.29) is 0 Å². The number of nitrogens with zero attached hydrogens (tertiary/aromatic N) is 2. The summed E-state index contributed by atoms with van der Waals surface area (Å²) in [6.45, 7) is 6.74. The van der Waals surface area contributed by atoms with Gasteiger partial charge in [-0.05, 0) is 44.1 Å². The summed E-state index contributed by atoms with van der Waals surface area (Å²) in [6, 6.07) is 0.455. The van der Waals surface area contributed by atoms with Crippen molar-refractivity contribution in [3.05, 3.63) is 16.8 Å². The van der Waals surface area contributed by atoms with Gasteiger partial charge in [-0.3, -0.25) is 0 Å². The van der Waals surface area contributed by atoms with Crippen LogP contribution in [0.15, 0.2) is 6.33 Å². The molecule has 0 fully saturated rings. The Bertz CT molecular complexity index is 590. The second-order valence-corrected chi connectivity index (χ2v) is 6.79. The summed E-state index contributed by atoms with van der Waals surface area (Å²) in [6.07, 6.45) is 6.47. The maximum Gasteiger partial charge on any atom is 0.138 e. The van der Waals surface area contributed by atoms with Gasteiger partial charge in [0.25, 0.3) is 0 Å². The molecule has 0 saturated heterocycles. The van der Waals surface area contributed by atoms with E-state index < -0.39 is 0 Å². The molecule has 0 radical (unpaired) electrons. The van der Waals surface area contributed by atoms with Crippen LogP contribution < -0.4 is 5.32 Å². The van der Waals surface area contributed by atoms with E-state index in [1.165, 1.54) is 35.1 Å². The van der Waals surface area contributed by atoms with E-state index in [0.29, 0.717) is 6.04 Å². The molecule has 0 bridgehead atoms. The summed E-state index contributed by atoms with van der Waals surface area (Å²) >= 11 is 1.86. The molecular weight excluding hydrogens is 254 g/mol. The van der Waals surface area contributed by atoms with Gasteiger partial charge in [0.15, 0.2) is 0 Å². The van der Waals surface area contributed by atoms with E-state index in [1.807, 2.05) is 11.3 Å². The zero-order valence-electron chi connectivity index (χ0n) is 11.9. The summed E-state index contributed by atoms with van der Waals surface area (Å²) in [7, 11) is 0. The Hall–Kier alpha value is -1.16. The number of hydrogen-bond donors (Lipinski definition) is 1. The van der Waals surface area contributed by atoms with Crippen LogP contribution in [0.5, 0.6) is 0 Å². The first kappa shape index (κ1) is 12.9. The van der Waals surface area contributed by atoms with E-state index in [2.05, 4.69) is 36.1 Å². The van der Waals surface area contributed by atoms with Crippen molar-refractivity contribution in [2.75, 3.05) is 5.32 Å². The maximum atomic E-state index is 4.48. The van der Waals surface area contributed by atoms with Crippen molar-refractivity contribution in [3.63, 3.8) is 0 Å². The van der Waals surface area contributed by atoms with Gasteiger partial charge in [0.1, 0.15) is 17.0 Å². The minimum absolute atomic E-state index is 0.455. The minimum atomic E-state index is 0.455. The molecule has 0 spiro atoms. The monoisotopic (exact) mass is 275 g/mol. The zero-order chi connectivity index (χ0) is 13.4. The molecule has 2 aromatic rings. The van der Waals surface area contributed by atoms with Crippen LogP contribution in [0.1, 0.15) is 44.1 Å². The molecule has 2 aromatic heterocycles. The van der Waals surface area contributed by atoms with Gasteiger partial charge in [-0.15, -0.1) is 11.3 Å². The highest BCUT2D eigenvalue weighted by Gasteiger charge is 2.23. The Kier molecular flexibility index (Phi) is 3.44. The Morgan fingerprint density at radius 1 is 1.47 bits per heavy atom. The third-order valence-electron chi connectivity index (χ3n) is 4.09. The number of aromatic nitrogens is 2. The number of hydrogen-bond acceptors (Lipinski definition) is 4. The fourth-order valence-corrected chi connectivity index (χ4v) is 4.07. The molecule has 0 amide bonds. The summed E-state index contributed by atoms with van der Waals surface area (Å²) in [5.74, 6) is 1.84. The summed E-state index contributed by atoms with van der Waals surface area (Å²) in [5, 5.41) is 4.82. The highest BCUT2D eigenvalue weighted by Crippen LogP contribution is 2.39. The third-order valence-corrected chi connectivity index (χ3v) is 5.25. The van der Waals surface area contributed by atoms with Gasteiger partial charge in [0, 0.05) is 10.9 Å². The Morgan fingerprint density at radius 2 is 2.32 bits per heavy atom. The highest BCUT2D eigenvalue weighted by molar-refractivity contribution is 7.19. The molecule has 1 aliphatic carbocycles. The smallest absolute Gasteiger partial charge is 0.138 e. The molecule has 1 N–H and O–H groups in total. The van der Waals surface area contributed by atoms with Gasteiger partial charge in [0.05, 0.1) is 5.39 Å². The second-order valence-electron chi connectivity index (χ2n) is 5.71. The minimum Gasteiger partial charge on any atom is -0.367 e. The second kappa shape index (κ2) is 5.08. The van der Waals surface area contributed by atoms with Crippen LogP contribution in [-0.4, -0.2) is 16.0 Å². The van der Waals surface area contributed by atoms with Crippen LogP contribution in [0.25, 0.3) is 10.2 Å². The summed E-state index contributed by atoms with van der Waals surface area (Å²) < 4.78 is 0. The molecule has 2 heterocycles. The lowest BCUT2D eigenvalue weighted by atomic mass is 9.89. The van der Waals surface area contributed by atoms with E-state index in [1.54, 1.807) is 6.33 Å². The van der Waals surface area contributed by atoms with Gasteiger partial charge >= 0.3 is 0 Å². The first-order chi connectivity index (χ1) is 9.19. The van der Waals surface area contributed by atoms with Crippen molar-refractivity contribution in [2.45, 2.75) is 52.5 Å². The topological polar surface area (TPSA) is 37.8 Å². The van der Waals surface area contributed by atoms with Gasteiger partial charge in [0.2, 0.25) is 0 Å². The predicted molar refractivity (Wildman–Crippen MR) is 82.0 cm³/mol. The third kappa shape index (κ3) is 2.34. The normalized spacial score (nSPS) is 20.3. The van der Waals surface area contributed by atoms with Crippen LogP contribution >= 0.6 is 11.3 Å². The molecule has 102 valence electrons. The number of nitrogens with one attached hydrogen (secondary N) is 1. The molecule has 19 heavy (non-hydrogen) atoms. The lowest BCUT2D eigenvalue weighted by Crippen LogP contribution is -2.15. The lowest BCUT2D eigenvalue weighted by molar-refractivity contribution is 0.509. The number of thiophene rings is 1. The molecule has 0 aromatic carbocycles. The van der Waals surface area contributed by atoms with Crippen molar-refractivity contribution >= 4 is 27.4 Å². The van der Waals surface area contributed by atoms with Crippen molar-refractivity contribution in [3.8, 4) is 0 Å². The number of aryl methyl sites for hydroxylation is 1. The van der Waals surface area contributed by atoms with Gasteiger partial charge in [-0.1, -0.05) is 13.8 Å². The molecule has 2 atom stereocenters. The lowest BCUT2D eigenvalue weighted by Gasteiger charge is -2.19. The number of anilines is 1. The standard InChI is InChI=1S/C15H21N3S/c1-4-10(3)18-14-13-11-6-5-9(2)7-12(11)19-15(13)17-8-16-14/h8-10H,4-7H2,1-3H3,(H,16,17,18)/t9-,10+/m0/s1. The van der Waals surface area contributed by atoms with E-state index in [4.69, 9.17) is 0 Å². The predicted octanol–water partition coefficient (Wildman–Crippen LogP) is 4.03. The molecule has 1 aliphatic rings. The van der Waals surface area contributed by atoms with Crippen LogP contribution in [0.3, 0.4) is 0 Å². The molecule has 4 heteroatoms. The van der Waals surface area contributed by atoms with Crippen LogP contribution in [0.2, 0.25) is 0 Å². The van der Waals surface area contributed by atoms with E-state index >= 15 is 0 Å². The van der Waals surface area contributed by atoms with Gasteiger partial charge in [-0.2, -0.15) is 0 Å². The molecule has 3 nitrogen and oxygen atoms in total. The van der Waals surface area contributed by atoms with E-state index in [9.17, 15) is 0 Å². The molecule has 3 rings (SSSR count). The summed E-state index contributed by atoms with van der Waals surface area (Å²) in [5.41, 5.74) is 1.50. The van der Waals surface area contributed by atoms with Crippen molar-refractivity contribution in [2.24, 2.45) is 5.92 Å². The van der Waals surface area contributed by atoms with Crippen molar-refractivity contribution in [1.29, 1.82) is 0 Å². The Balaban J connectivity index is 2.08. The first-order valence-electron chi connectivity index (χ1n) is 7.20. The fourth-order valence-electron chi connectivity index (χ4n) is 2.72. The largest absolute Gasteiger partial charge is 0.367 e. The maximum absolute atomic E-state index is 4.48. The molecule has 0 saturated carbocycles. The Labute approximate surface area is 118 Å². The average molecular weight is 275 g/mol. The SMILES string of the molecule is CC[C@@H](C)Nc1ncnc2sc3c(c12)CC[C@H](C)C3. The molecule has 0 unspecified atom stereocenters. The van der Waals surface area contributed by atoms with Crippen LogP contribution in [-0.2, 0) is 12.8 Å². The summed E-state index contributed by atoms with van der Waals surface area (Å²) in [4.78, 5) is 11.6. The van der Waals surface area contributed by atoms with Gasteiger partial charge < -0.3 is 5.32 Å². The first-order valence-corrected chi connectivity index (χ1v) is 8.02. The molecular formula is C15H21N3S.